The van der Waals surface area contributed by atoms with Crippen molar-refractivity contribution in [3.63, 3.8) is 0 Å². The number of hydrogen-bond donors (Lipinski definition) is 2. The Morgan fingerprint density at radius 3 is 2.90 bits per heavy atom. The van der Waals surface area contributed by atoms with Crippen LogP contribution in [0.25, 0.3) is 10.2 Å². The molecule has 0 aliphatic carbocycles. The van der Waals surface area contributed by atoms with Crippen molar-refractivity contribution in [3.05, 3.63) is 26.6 Å². The molecule has 108 valence electrons. The maximum atomic E-state index is 12.2. The second kappa shape index (κ2) is 4.65. The van der Waals surface area contributed by atoms with Gasteiger partial charge in [-0.1, -0.05) is 0 Å². The van der Waals surface area contributed by atoms with E-state index in [0.29, 0.717) is 24.3 Å². The molecule has 1 saturated heterocycles. The first kappa shape index (κ1) is 13.7. The van der Waals surface area contributed by atoms with E-state index in [4.69, 9.17) is 0 Å². The zero-order valence-electron chi connectivity index (χ0n) is 12.0. The van der Waals surface area contributed by atoms with E-state index in [0.717, 1.165) is 28.2 Å². The number of aryl methyl sites for hydroxylation is 2. The Bertz CT molecular complexity index is 717. The van der Waals surface area contributed by atoms with E-state index in [1.165, 1.54) is 0 Å². The maximum Gasteiger partial charge on any atom is 0.259 e. The Morgan fingerprint density at radius 1 is 1.50 bits per heavy atom. The Labute approximate surface area is 121 Å². The highest BCUT2D eigenvalue weighted by Crippen LogP contribution is 2.26. The van der Waals surface area contributed by atoms with Gasteiger partial charge in [0, 0.05) is 18.0 Å². The van der Waals surface area contributed by atoms with E-state index < -0.39 is 5.60 Å². The van der Waals surface area contributed by atoms with Gasteiger partial charge in [0.25, 0.3) is 5.56 Å². The number of aliphatic hydroxyl groups is 1. The highest BCUT2D eigenvalue weighted by atomic mass is 32.1. The van der Waals surface area contributed by atoms with Crippen LogP contribution in [0.2, 0.25) is 0 Å². The molecule has 2 aromatic rings. The van der Waals surface area contributed by atoms with E-state index in [1.54, 1.807) is 11.3 Å². The van der Waals surface area contributed by atoms with Crippen LogP contribution in [0, 0.1) is 13.8 Å². The molecule has 1 atom stereocenters. The Kier molecular flexibility index (Phi) is 3.19. The average Bonchev–Trinajstić information content (AvgIpc) is 2.80. The predicted octanol–water partition coefficient (Wildman–Crippen LogP) is 1.56. The Morgan fingerprint density at radius 2 is 2.25 bits per heavy atom. The van der Waals surface area contributed by atoms with Crippen molar-refractivity contribution in [2.24, 2.45) is 0 Å². The fraction of sp³-hybridized carbons (Fsp3) is 0.571. The summed E-state index contributed by atoms with van der Waals surface area (Å²) in [5, 5.41) is 10.7. The summed E-state index contributed by atoms with van der Waals surface area (Å²) in [7, 11) is 0. The summed E-state index contributed by atoms with van der Waals surface area (Å²) in [5.74, 6) is 0.682. The molecule has 1 aliphatic heterocycles. The number of rotatable bonds is 2. The van der Waals surface area contributed by atoms with Crippen LogP contribution in [0.15, 0.2) is 4.79 Å². The predicted molar refractivity (Wildman–Crippen MR) is 80.2 cm³/mol. The molecule has 5 nitrogen and oxygen atoms in total. The SMILES string of the molecule is Cc1sc2nc(CN3CCC(C)(O)C3)[nH]c(=O)c2c1C. The molecule has 0 radical (unpaired) electrons. The standard InChI is InChI=1S/C14H19N3O2S/c1-8-9(2)20-13-11(8)12(18)15-10(16-13)6-17-5-4-14(3,19)7-17/h19H,4-7H2,1-3H3,(H,15,16,18). The van der Waals surface area contributed by atoms with Gasteiger partial charge in [0.2, 0.25) is 0 Å². The molecular weight excluding hydrogens is 274 g/mol. The first-order chi connectivity index (χ1) is 9.35. The van der Waals surface area contributed by atoms with Gasteiger partial charge in [0.05, 0.1) is 17.5 Å². The van der Waals surface area contributed by atoms with Gasteiger partial charge in [0.1, 0.15) is 10.7 Å². The lowest BCUT2D eigenvalue weighted by Gasteiger charge is -2.18. The maximum absolute atomic E-state index is 12.2. The van der Waals surface area contributed by atoms with Crippen LogP contribution in [0.1, 0.15) is 29.6 Å². The molecule has 6 heteroatoms. The largest absolute Gasteiger partial charge is 0.389 e. The van der Waals surface area contributed by atoms with Crippen LogP contribution in [0.5, 0.6) is 0 Å². The number of aromatic nitrogens is 2. The first-order valence-corrected chi connectivity index (χ1v) is 7.61. The monoisotopic (exact) mass is 293 g/mol. The summed E-state index contributed by atoms with van der Waals surface area (Å²) in [6.07, 6.45) is 0.761. The van der Waals surface area contributed by atoms with Crippen LogP contribution < -0.4 is 5.56 Å². The van der Waals surface area contributed by atoms with Crippen molar-refractivity contribution < 1.29 is 5.11 Å². The van der Waals surface area contributed by atoms with E-state index in [-0.39, 0.29) is 5.56 Å². The Balaban J connectivity index is 1.92. The van der Waals surface area contributed by atoms with Crippen LogP contribution in [0.4, 0.5) is 0 Å². The molecule has 0 spiro atoms. The average molecular weight is 293 g/mol. The third-order valence-electron chi connectivity index (χ3n) is 3.99. The minimum Gasteiger partial charge on any atom is -0.389 e. The summed E-state index contributed by atoms with van der Waals surface area (Å²) in [4.78, 5) is 23.7. The van der Waals surface area contributed by atoms with E-state index in [1.807, 2.05) is 20.8 Å². The number of β-amino-alcohol motifs (C(OH)–C–C–N with tert-alkyl or cyclic N) is 1. The quantitative estimate of drug-likeness (QED) is 0.881. The fourth-order valence-corrected chi connectivity index (χ4v) is 3.81. The smallest absolute Gasteiger partial charge is 0.259 e. The molecule has 2 N–H and O–H groups in total. The lowest BCUT2D eigenvalue weighted by molar-refractivity contribution is 0.0676. The van der Waals surface area contributed by atoms with Gasteiger partial charge >= 0.3 is 0 Å². The third kappa shape index (κ3) is 2.39. The molecule has 2 aromatic heterocycles. The summed E-state index contributed by atoms with van der Waals surface area (Å²) in [6.45, 7) is 7.85. The lowest BCUT2D eigenvalue weighted by atomic mass is 10.1. The van der Waals surface area contributed by atoms with Crippen molar-refractivity contribution in [2.75, 3.05) is 13.1 Å². The molecule has 1 fully saturated rings. The normalized spacial score (nSPS) is 23.8. The van der Waals surface area contributed by atoms with Crippen molar-refractivity contribution in [2.45, 2.75) is 39.3 Å². The lowest BCUT2D eigenvalue weighted by Crippen LogP contribution is -2.30. The van der Waals surface area contributed by atoms with Crippen LogP contribution >= 0.6 is 11.3 Å². The molecule has 0 amide bonds. The highest BCUT2D eigenvalue weighted by molar-refractivity contribution is 7.18. The summed E-state index contributed by atoms with van der Waals surface area (Å²) in [6, 6.07) is 0. The van der Waals surface area contributed by atoms with E-state index in [2.05, 4.69) is 14.9 Å². The topological polar surface area (TPSA) is 69.2 Å². The van der Waals surface area contributed by atoms with Crippen molar-refractivity contribution in [3.8, 4) is 0 Å². The van der Waals surface area contributed by atoms with Gasteiger partial charge in [-0.15, -0.1) is 11.3 Å². The molecule has 3 heterocycles. The summed E-state index contributed by atoms with van der Waals surface area (Å²) >= 11 is 1.57. The summed E-state index contributed by atoms with van der Waals surface area (Å²) in [5.41, 5.74) is 0.341. The van der Waals surface area contributed by atoms with Crippen molar-refractivity contribution in [1.82, 2.24) is 14.9 Å². The molecule has 1 aliphatic rings. The molecular formula is C14H19N3O2S. The van der Waals surface area contributed by atoms with Crippen LogP contribution in [0.3, 0.4) is 0 Å². The van der Waals surface area contributed by atoms with Gasteiger partial charge in [-0.05, 0) is 32.8 Å². The third-order valence-corrected chi connectivity index (χ3v) is 5.09. The van der Waals surface area contributed by atoms with E-state index in [9.17, 15) is 9.90 Å². The number of nitrogens with zero attached hydrogens (tertiary/aromatic N) is 2. The number of nitrogens with one attached hydrogen (secondary N) is 1. The fourth-order valence-electron chi connectivity index (χ4n) is 2.76. The number of likely N-dealkylation sites (tertiary alicyclic amines) is 1. The number of aromatic amines is 1. The summed E-state index contributed by atoms with van der Waals surface area (Å²) < 4.78 is 0. The van der Waals surface area contributed by atoms with Crippen LogP contribution in [-0.2, 0) is 6.54 Å². The van der Waals surface area contributed by atoms with E-state index >= 15 is 0 Å². The number of fused-ring (bicyclic) bond motifs is 1. The number of hydrogen-bond acceptors (Lipinski definition) is 5. The highest BCUT2D eigenvalue weighted by Gasteiger charge is 2.31. The zero-order chi connectivity index (χ0) is 14.5. The molecule has 0 saturated carbocycles. The molecule has 0 aromatic carbocycles. The number of thiophene rings is 1. The first-order valence-electron chi connectivity index (χ1n) is 6.79. The van der Waals surface area contributed by atoms with Gasteiger partial charge in [-0.3, -0.25) is 9.69 Å². The number of H-pyrrole nitrogens is 1. The second-order valence-electron chi connectivity index (χ2n) is 5.93. The minimum atomic E-state index is -0.624. The van der Waals surface area contributed by atoms with Crippen molar-refractivity contribution >= 4 is 21.6 Å². The second-order valence-corrected chi connectivity index (χ2v) is 7.14. The van der Waals surface area contributed by atoms with Gasteiger partial charge in [-0.25, -0.2) is 4.98 Å². The minimum absolute atomic E-state index is 0.0576. The zero-order valence-corrected chi connectivity index (χ0v) is 12.8. The van der Waals surface area contributed by atoms with Crippen molar-refractivity contribution in [1.29, 1.82) is 0 Å². The molecule has 20 heavy (non-hydrogen) atoms. The van der Waals surface area contributed by atoms with Gasteiger partial charge < -0.3 is 10.1 Å². The van der Waals surface area contributed by atoms with Crippen LogP contribution in [-0.4, -0.2) is 38.7 Å². The molecule has 3 rings (SSSR count). The van der Waals surface area contributed by atoms with Gasteiger partial charge in [-0.2, -0.15) is 0 Å². The van der Waals surface area contributed by atoms with Gasteiger partial charge in [0.15, 0.2) is 0 Å². The Hall–Kier alpha value is -1.24. The molecule has 1 unspecified atom stereocenters. The molecule has 0 bridgehead atoms.